The highest BCUT2D eigenvalue weighted by Gasteiger charge is 2.21. The maximum atomic E-state index is 12.6. The first kappa shape index (κ1) is 15.7. The third-order valence-corrected chi connectivity index (χ3v) is 4.64. The third kappa shape index (κ3) is 3.71. The van der Waals surface area contributed by atoms with Crippen molar-refractivity contribution in [1.29, 1.82) is 0 Å². The van der Waals surface area contributed by atoms with Crippen LogP contribution < -0.4 is 0 Å². The fourth-order valence-corrected chi connectivity index (χ4v) is 3.48. The van der Waals surface area contributed by atoms with Crippen molar-refractivity contribution in [3.63, 3.8) is 0 Å². The number of hydrogen-bond acceptors (Lipinski definition) is 3. The summed E-state index contributed by atoms with van der Waals surface area (Å²) in [6.45, 7) is 2.87. The van der Waals surface area contributed by atoms with Crippen LogP contribution in [-0.4, -0.2) is 28.4 Å². The number of nitrogens with zero attached hydrogens (tertiary/aromatic N) is 1. The maximum absolute atomic E-state index is 12.6. The highest BCUT2D eigenvalue weighted by Crippen LogP contribution is 2.24. The van der Waals surface area contributed by atoms with Gasteiger partial charge in [-0.05, 0) is 47.1 Å². The van der Waals surface area contributed by atoms with Crippen LogP contribution in [0, 0.1) is 0 Å². The number of halogens is 1. The molecule has 0 bridgehead atoms. The highest BCUT2D eigenvalue weighted by atomic mass is 79.9. The minimum atomic E-state index is -1.09. The molecule has 0 radical (unpaired) electrons. The van der Waals surface area contributed by atoms with Gasteiger partial charge in [0.25, 0.3) is 5.91 Å². The highest BCUT2D eigenvalue weighted by molar-refractivity contribution is 9.11. The molecule has 2 aromatic rings. The van der Waals surface area contributed by atoms with E-state index in [1.165, 1.54) is 6.07 Å². The van der Waals surface area contributed by atoms with Gasteiger partial charge in [0.2, 0.25) is 0 Å². The Morgan fingerprint density at radius 2 is 1.86 bits per heavy atom. The molecule has 4 nitrogen and oxygen atoms in total. The molecule has 21 heavy (non-hydrogen) atoms. The molecule has 1 heterocycles. The molecular formula is C15H14BrNO3S. The van der Waals surface area contributed by atoms with Gasteiger partial charge < -0.3 is 10.0 Å². The number of amides is 1. The van der Waals surface area contributed by atoms with Gasteiger partial charge in [-0.15, -0.1) is 11.3 Å². The van der Waals surface area contributed by atoms with Crippen molar-refractivity contribution in [3.8, 4) is 0 Å². The van der Waals surface area contributed by atoms with Crippen LogP contribution in [0.1, 0.15) is 32.5 Å². The molecule has 1 N–H and O–H groups in total. The van der Waals surface area contributed by atoms with Gasteiger partial charge in [0, 0.05) is 11.4 Å². The van der Waals surface area contributed by atoms with E-state index in [9.17, 15) is 14.7 Å². The van der Waals surface area contributed by atoms with Gasteiger partial charge in [-0.1, -0.05) is 12.1 Å². The monoisotopic (exact) mass is 367 g/mol. The van der Waals surface area contributed by atoms with E-state index < -0.39 is 5.97 Å². The summed E-state index contributed by atoms with van der Waals surface area (Å²) in [5.41, 5.74) is 0.260. The second kappa shape index (κ2) is 6.87. The molecule has 110 valence electrons. The van der Waals surface area contributed by atoms with E-state index in [4.69, 9.17) is 0 Å². The number of carboxylic acids is 1. The summed E-state index contributed by atoms with van der Waals surface area (Å²) in [5, 5.41) is 9.19. The van der Waals surface area contributed by atoms with Crippen molar-refractivity contribution >= 4 is 39.1 Å². The van der Waals surface area contributed by atoms with Crippen LogP contribution in [-0.2, 0) is 6.54 Å². The van der Waals surface area contributed by atoms with Crippen molar-refractivity contribution in [1.82, 2.24) is 4.90 Å². The predicted molar refractivity (Wildman–Crippen MR) is 85.8 cm³/mol. The Kier molecular flexibility index (Phi) is 5.14. The van der Waals surface area contributed by atoms with Crippen molar-refractivity contribution in [2.75, 3.05) is 6.54 Å². The quantitative estimate of drug-likeness (QED) is 0.872. The maximum Gasteiger partial charge on any atom is 0.336 e. The summed E-state index contributed by atoms with van der Waals surface area (Å²) < 4.78 is 1.01. The Morgan fingerprint density at radius 1 is 1.19 bits per heavy atom. The minimum absolute atomic E-state index is 0.0355. The van der Waals surface area contributed by atoms with Crippen LogP contribution in [0.2, 0.25) is 0 Å². The fourth-order valence-electron chi connectivity index (χ4n) is 1.98. The first-order chi connectivity index (χ1) is 10.0. The second-order valence-corrected chi connectivity index (χ2v) is 6.92. The predicted octanol–water partition coefficient (Wildman–Crippen LogP) is 3.87. The van der Waals surface area contributed by atoms with Crippen molar-refractivity contribution < 1.29 is 14.7 Å². The van der Waals surface area contributed by atoms with Crippen LogP contribution in [0.5, 0.6) is 0 Å². The van der Waals surface area contributed by atoms with E-state index in [-0.39, 0.29) is 17.0 Å². The zero-order valence-electron chi connectivity index (χ0n) is 11.4. The van der Waals surface area contributed by atoms with Crippen molar-refractivity contribution in [2.45, 2.75) is 13.5 Å². The second-order valence-electron chi connectivity index (χ2n) is 4.38. The molecule has 0 atom stereocenters. The van der Waals surface area contributed by atoms with Crippen molar-refractivity contribution in [3.05, 3.63) is 56.2 Å². The number of carbonyl (C=O) groups excluding carboxylic acids is 1. The van der Waals surface area contributed by atoms with E-state index >= 15 is 0 Å². The summed E-state index contributed by atoms with van der Waals surface area (Å²) in [4.78, 5) is 26.5. The Hall–Kier alpha value is -1.66. The lowest BCUT2D eigenvalue weighted by atomic mass is 10.1. The zero-order valence-corrected chi connectivity index (χ0v) is 13.8. The average Bonchev–Trinajstić information content (AvgIpc) is 2.89. The fraction of sp³-hybridized carbons (Fsp3) is 0.200. The molecule has 0 spiro atoms. The molecule has 1 amide bonds. The average molecular weight is 368 g/mol. The lowest BCUT2D eigenvalue weighted by Crippen LogP contribution is -2.31. The molecule has 6 heteroatoms. The van der Waals surface area contributed by atoms with Crippen LogP contribution in [0.25, 0.3) is 0 Å². The number of benzene rings is 1. The van der Waals surface area contributed by atoms with Crippen LogP contribution >= 0.6 is 27.3 Å². The Balaban J connectivity index is 2.26. The number of rotatable bonds is 5. The summed E-state index contributed by atoms with van der Waals surface area (Å²) in [5.74, 6) is -1.35. The lowest BCUT2D eigenvalue weighted by molar-refractivity contribution is 0.0674. The van der Waals surface area contributed by atoms with Crippen LogP contribution in [0.15, 0.2) is 40.2 Å². The zero-order chi connectivity index (χ0) is 15.4. The first-order valence-electron chi connectivity index (χ1n) is 6.38. The molecule has 1 aromatic carbocycles. The molecule has 2 rings (SSSR count). The Bertz CT molecular complexity index is 668. The third-order valence-electron chi connectivity index (χ3n) is 3.03. The molecule has 0 aliphatic heterocycles. The SMILES string of the molecule is CCN(Cc1ccc(Br)s1)C(=O)c1ccccc1C(=O)O. The first-order valence-corrected chi connectivity index (χ1v) is 7.99. The van der Waals surface area contributed by atoms with Crippen molar-refractivity contribution in [2.24, 2.45) is 0 Å². The molecule has 0 saturated heterocycles. The number of aromatic carboxylic acids is 1. The summed E-state index contributed by atoms with van der Waals surface area (Å²) in [6, 6.07) is 10.2. The standard InChI is InChI=1S/C15H14BrNO3S/c1-2-17(9-10-7-8-13(16)21-10)14(18)11-5-3-4-6-12(11)15(19)20/h3-8H,2,9H2,1H3,(H,19,20). The molecule has 0 aliphatic carbocycles. The summed E-state index contributed by atoms with van der Waals surface area (Å²) in [6.07, 6.45) is 0. The van der Waals surface area contributed by atoms with Gasteiger partial charge in [0.05, 0.1) is 21.5 Å². The van der Waals surface area contributed by atoms with Gasteiger partial charge in [-0.2, -0.15) is 0 Å². The van der Waals surface area contributed by atoms with Gasteiger partial charge in [0.15, 0.2) is 0 Å². The van der Waals surface area contributed by atoms with Crippen LogP contribution in [0.4, 0.5) is 0 Å². The van der Waals surface area contributed by atoms with E-state index in [1.807, 2.05) is 19.1 Å². The molecule has 0 unspecified atom stereocenters. The van der Waals surface area contributed by atoms with Gasteiger partial charge in [-0.25, -0.2) is 4.79 Å². The van der Waals surface area contributed by atoms with E-state index in [1.54, 1.807) is 34.4 Å². The van der Waals surface area contributed by atoms with E-state index in [2.05, 4.69) is 15.9 Å². The normalized spacial score (nSPS) is 10.4. The van der Waals surface area contributed by atoms with Crippen LogP contribution in [0.3, 0.4) is 0 Å². The molecule has 0 aliphatic rings. The topological polar surface area (TPSA) is 57.6 Å². The van der Waals surface area contributed by atoms with Gasteiger partial charge >= 0.3 is 5.97 Å². The number of thiophene rings is 1. The Morgan fingerprint density at radius 3 is 2.38 bits per heavy atom. The number of carboxylic acid groups (broad SMARTS) is 1. The lowest BCUT2D eigenvalue weighted by Gasteiger charge is -2.21. The smallest absolute Gasteiger partial charge is 0.336 e. The van der Waals surface area contributed by atoms with Gasteiger partial charge in [-0.3, -0.25) is 4.79 Å². The number of hydrogen-bond donors (Lipinski definition) is 1. The summed E-state index contributed by atoms with van der Waals surface area (Å²) in [7, 11) is 0. The summed E-state index contributed by atoms with van der Waals surface area (Å²) >= 11 is 4.95. The van der Waals surface area contributed by atoms with E-state index in [0.717, 1.165) is 8.66 Å². The molecular weight excluding hydrogens is 354 g/mol. The Labute approximate surface area is 135 Å². The largest absolute Gasteiger partial charge is 0.478 e. The molecule has 0 saturated carbocycles. The molecule has 1 aromatic heterocycles. The minimum Gasteiger partial charge on any atom is -0.478 e. The van der Waals surface area contributed by atoms with Gasteiger partial charge in [0.1, 0.15) is 0 Å². The van der Waals surface area contributed by atoms with E-state index in [0.29, 0.717) is 13.1 Å². The number of carbonyl (C=O) groups is 2. The molecule has 0 fully saturated rings.